The van der Waals surface area contributed by atoms with Crippen LogP contribution >= 0.6 is 0 Å². The van der Waals surface area contributed by atoms with Crippen molar-refractivity contribution < 1.29 is 18.0 Å². The lowest BCUT2D eigenvalue weighted by Crippen LogP contribution is -2.51. The molecular weight excluding hydrogens is 379 g/mol. The smallest absolute Gasteiger partial charge is 0.354 e. The average molecular weight is 409 g/mol. The quantitative estimate of drug-likeness (QED) is 0.744. The van der Waals surface area contributed by atoms with Gasteiger partial charge in [0.05, 0.1) is 0 Å². The molecule has 0 aromatic carbocycles. The highest BCUT2D eigenvalue weighted by Gasteiger charge is 2.50. The number of rotatable bonds is 4. The van der Waals surface area contributed by atoms with Crippen LogP contribution in [-0.2, 0) is 30.4 Å². The number of nitrogens with one attached hydrogen (secondary N) is 1. The van der Waals surface area contributed by atoms with Crippen molar-refractivity contribution in [3.8, 4) is 0 Å². The zero-order valence-corrected chi connectivity index (χ0v) is 16.9. The molecule has 4 fully saturated rings. The second-order valence-corrected chi connectivity index (χ2v) is 10.2. The van der Waals surface area contributed by atoms with Crippen LogP contribution in [0.5, 0.6) is 0 Å². The third kappa shape index (κ3) is 3.70. The minimum atomic E-state index is -4.46. The first-order valence-electron chi connectivity index (χ1n) is 11.2. The summed E-state index contributed by atoms with van der Waals surface area (Å²) in [5, 5.41) is 6.93. The van der Waals surface area contributed by atoms with E-state index >= 15 is 0 Å². The van der Waals surface area contributed by atoms with Gasteiger partial charge < -0.3 is 5.32 Å². The van der Waals surface area contributed by atoms with Crippen molar-refractivity contribution in [2.45, 2.75) is 83.4 Å². The summed E-state index contributed by atoms with van der Waals surface area (Å²) in [6.45, 7) is 0.565. The maximum Gasteiger partial charge on any atom is 0.435 e. The highest BCUT2D eigenvalue weighted by atomic mass is 19.4. The van der Waals surface area contributed by atoms with Crippen LogP contribution in [-0.4, -0.2) is 22.2 Å². The van der Waals surface area contributed by atoms with Crippen molar-refractivity contribution in [2.24, 2.45) is 23.2 Å². The van der Waals surface area contributed by atoms with E-state index in [0.29, 0.717) is 30.6 Å². The van der Waals surface area contributed by atoms with Crippen LogP contribution in [0.25, 0.3) is 0 Å². The highest BCUT2D eigenvalue weighted by Crippen LogP contribution is 2.59. The third-order valence-corrected chi connectivity index (χ3v) is 7.89. The first-order chi connectivity index (χ1) is 13.8. The maximum absolute atomic E-state index is 13.5. The van der Waals surface area contributed by atoms with Crippen molar-refractivity contribution >= 4 is 5.91 Å². The Labute approximate surface area is 169 Å². The molecule has 5 aliphatic rings. The molecule has 1 aromatic heterocycles. The Morgan fingerprint density at radius 2 is 1.66 bits per heavy atom. The average Bonchev–Trinajstić information content (AvgIpc) is 2.81. The van der Waals surface area contributed by atoms with Gasteiger partial charge in [-0.05, 0) is 87.4 Å². The number of alkyl halides is 3. The number of halogens is 3. The maximum atomic E-state index is 13.5. The molecule has 7 heteroatoms. The zero-order valence-electron chi connectivity index (χ0n) is 16.9. The standard InChI is InChI=1S/C22H30F3N3O/c23-22(24,25)20-17-4-2-1-3-5-18(17)28(27-20)12-19(29)26-13-21-9-14-6-15(10-21)8-16(7-14)11-21/h14-16H,1-13H2,(H,26,29). The van der Waals surface area contributed by atoms with Crippen LogP contribution in [0.15, 0.2) is 0 Å². The van der Waals surface area contributed by atoms with Crippen LogP contribution in [0, 0.1) is 23.2 Å². The predicted octanol–water partition coefficient (Wildman–Crippen LogP) is 4.50. The molecular formula is C22H30F3N3O. The van der Waals surface area contributed by atoms with E-state index in [4.69, 9.17) is 0 Å². The minimum absolute atomic E-state index is 0.106. The van der Waals surface area contributed by atoms with E-state index in [1.165, 1.54) is 43.2 Å². The largest absolute Gasteiger partial charge is 0.435 e. The minimum Gasteiger partial charge on any atom is -0.354 e. The Hall–Kier alpha value is -1.53. The normalized spacial score (nSPS) is 33.4. The summed E-state index contributed by atoms with van der Waals surface area (Å²) in [5.74, 6) is 2.24. The van der Waals surface area contributed by atoms with E-state index in [-0.39, 0.29) is 17.9 Å². The highest BCUT2D eigenvalue weighted by molar-refractivity contribution is 5.75. The van der Waals surface area contributed by atoms with E-state index in [9.17, 15) is 18.0 Å². The second-order valence-electron chi connectivity index (χ2n) is 10.2. The molecule has 1 N–H and O–H groups in total. The van der Waals surface area contributed by atoms with Gasteiger partial charge in [0.2, 0.25) is 5.91 Å². The lowest BCUT2D eigenvalue weighted by atomic mass is 9.49. The molecule has 0 atom stereocenters. The van der Waals surface area contributed by atoms with Gasteiger partial charge in [0.1, 0.15) is 6.54 Å². The molecule has 1 amide bonds. The van der Waals surface area contributed by atoms with Crippen LogP contribution in [0.2, 0.25) is 0 Å². The Morgan fingerprint density at radius 1 is 1.03 bits per heavy atom. The molecule has 1 aromatic rings. The summed E-state index contributed by atoms with van der Waals surface area (Å²) in [5.41, 5.74) is 0.356. The van der Waals surface area contributed by atoms with Gasteiger partial charge in [0, 0.05) is 17.8 Å². The van der Waals surface area contributed by atoms with Crippen molar-refractivity contribution in [1.82, 2.24) is 15.1 Å². The molecule has 6 rings (SSSR count). The van der Waals surface area contributed by atoms with Gasteiger partial charge in [-0.3, -0.25) is 9.48 Å². The van der Waals surface area contributed by atoms with Gasteiger partial charge in [-0.25, -0.2) is 0 Å². The van der Waals surface area contributed by atoms with E-state index in [1.54, 1.807) is 0 Å². The molecule has 160 valence electrons. The van der Waals surface area contributed by atoms with Gasteiger partial charge in [-0.15, -0.1) is 0 Å². The molecule has 0 saturated heterocycles. The fraction of sp³-hybridized carbons (Fsp3) is 0.818. The second kappa shape index (κ2) is 7.02. The summed E-state index contributed by atoms with van der Waals surface area (Å²) < 4.78 is 41.7. The Kier molecular flexibility index (Phi) is 4.70. The molecule has 0 unspecified atom stereocenters. The van der Waals surface area contributed by atoms with Gasteiger partial charge in [-0.1, -0.05) is 6.42 Å². The number of aromatic nitrogens is 2. The Balaban J connectivity index is 1.28. The summed E-state index contributed by atoms with van der Waals surface area (Å²) in [7, 11) is 0. The van der Waals surface area contributed by atoms with E-state index < -0.39 is 11.9 Å². The number of carbonyl (C=O) groups excluding carboxylic acids is 1. The molecule has 4 saturated carbocycles. The van der Waals surface area contributed by atoms with Crippen molar-refractivity contribution in [3.05, 3.63) is 17.0 Å². The van der Waals surface area contributed by atoms with Gasteiger partial charge in [0.25, 0.3) is 0 Å². The number of carbonyl (C=O) groups is 1. The fourth-order valence-electron chi connectivity index (χ4n) is 7.19. The topological polar surface area (TPSA) is 46.9 Å². The van der Waals surface area contributed by atoms with Crippen LogP contribution in [0.3, 0.4) is 0 Å². The summed E-state index contributed by atoms with van der Waals surface area (Å²) >= 11 is 0. The SMILES string of the molecule is O=C(Cn1nc(C(F)(F)F)c2c1CCCCC2)NCC12CC3CC(CC(C3)C1)C2. The van der Waals surface area contributed by atoms with E-state index in [2.05, 4.69) is 10.4 Å². The van der Waals surface area contributed by atoms with Gasteiger partial charge in [0.15, 0.2) is 5.69 Å². The summed E-state index contributed by atoms with van der Waals surface area (Å²) in [6, 6.07) is 0. The lowest BCUT2D eigenvalue weighted by Gasteiger charge is -2.56. The van der Waals surface area contributed by atoms with Crippen LogP contribution in [0.4, 0.5) is 13.2 Å². The molecule has 0 aliphatic heterocycles. The van der Waals surface area contributed by atoms with Crippen molar-refractivity contribution in [3.63, 3.8) is 0 Å². The number of hydrogen-bond donors (Lipinski definition) is 1. The Morgan fingerprint density at radius 3 is 2.28 bits per heavy atom. The van der Waals surface area contributed by atoms with Gasteiger partial charge >= 0.3 is 6.18 Å². The molecule has 0 radical (unpaired) electrons. The van der Waals surface area contributed by atoms with E-state index in [1.807, 2.05) is 0 Å². The summed E-state index contributed by atoms with van der Waals surface area (Å²) in [4.78, 5) is 12.7. The molecule has 1 heterocycles. The number of nitrogens with zero attached hydrogens (tertiary/aromatic N) is 2. The first kappa shape index (κ1) is 19.4. The molecule has 29 heavy (non-hydrogen) atoms. The van der Waals surface area contributed by atoms with Crippen LogP contribution < -0.4 is 5.32 Å². The fourth-order valence-corrected chi connectivity index (χ4v) is 7.19. The number of fused-ring (bicyclic) bond motifs is 1. The van der Waals surface area contributed by atoms with Crippen molar-refractivity contribution in [1.29, 1.82) is 0 Å². The van der Waals surface area contributed by atoms with Crippen LogP contribution in [0.1, 0.15) is 74.7 Å². The van der Waals surface area contributed by atoms with Gasteiger partial charge in [-0.2, -0.15) is 18.3 Å². The molecule has 5 aliphatic carbocycles. The molecule has 4 nitrogen and oxygen atoms in total. The first-order valence-corrected chi connectivity index (χ1v) is 11.2. The zero-order chi connectivity index (χ0) is 20.2. The molecule has 0 spiro atoms. The summed E-state index contributed by atoms with van der Waals surface area (Å²) in [6.07, 6.45) is 6.70. The Bertz CT molecular complexity index is 763. The predicted molar refractivity (Wildman–Crippen MR) is 102 cm³/mol. The van der Waals surface area contributed by atoms with Crippen molar-refractivity contribution in [2.75, 3.05) is 6.54 Å². The van der Waals surface area contributed by atoms with E-state index in [0.717, 1.165) is 37.0 Å². The third-order valence-electron chi connectivity index (χ3n) is 7.89. The lowest BCUT2D eigenvalue weighted by molar-refractivity contribution is -0.142. The number of amides is 1. The number of hydrogen-bond acceptors (Lipinski definition) is 2. The monoisotopic (exact) mass is 409 g/mol. The molecule has 4 bridgehead atoms.